The lowest BCUT2D eigenvalue weighted by Crippen LogP contribution is -2.49. The zero-order valence-corrected chi connectivity index (χ0v) is 20.9. The average molecular weight is 502 g/mol. The first-order chi connectivity index (χ1) is 17.9. The summed E-state index contributed by atoms with van der Waals surface area (Å²) in [5.41, 5.74) is 2.43. The molecule has 0 radical (unpaired) electrons. The third-order valence-electron chi connectivity index (χ3n) is 7.33. The second-order valence-corrected chi connectivity index (χ2v) is 10.6. The predicted molar refractivity (Wildman–Crippen MR) is 141 cm³/mol. The molecule has 190 valence electrons. The highest BCUT2D eigenvalue weighted by molar-refractivity contribution is 5.93. The molecule has 1 aromatic carbocycles. The number of para-hydroxylation sites is 1. The largest absolute Gasteiger partial charge is 0.366 e. The summed E-state index contributed by atoms with van der Waals surface area (Å²) in [6.45, 7) is 6.38. The Bertz CT molecular complexity index is 1450. The number of piperidine rings is 1. The maximum absolute atomic E-state index is 14.2. The topological polar surface area (TPSA) is 87.7 Å². The first kappa shape index (κ1) is 23.7. The number of anilines is 3. The van der Waals surface area contributed by atoms with E-state index in [9.17, 15) is 8.78 Å². The summed E-state index contributed by atoms with van der Waals surface area (Å²) in [5.74, 6) is 0.697. The molecule has 3 N–H and O–H groups in total. The minimum atomic E-state index is -0.691. The van der Waals surface area contributed by atoms with Gasteiger partial charge in [-0.05, 0) is 67.0 Å². The van der Waals surface area contributed by atoms with Gasteiger partial charge >= 0.3 is 0 Å². The minimum absolute atomic E-state index is 0.0417. The molecule has 3 aromatic heterocycles. The molecule has 9 heteroatoms. The molecule has 4 heterocycles. The Hall–Kier alpha value is -3.72. The van der Waals surface area contributed by atoms with Gasteiger partial charge in [-0.3, -0.25) is 4.98 Å². The van der Waals surface area contributed by atoms with Crippen molar-refractivity contribution >= 4 is 28.2 Å². The average Bonchev–Trinajstić information content (AvgIpc) is 3.73. The lowest BCUT2D eigenvalue weighted by atomic mass is 9.80. The smallest absolute Gasteiger partial charge is 0.162 e. The molecule has 7 nitrogen and oxygen atoms in total. The summed E-state index contributed by atoms with van der Waals surface area (Å²) in [6, 6.07) is 7.45. The molecule has 1 saturated carbocycles. The van der Waals surface area contributed by atoms with Gasteiger partial charge in [0.15, 0.2) is 5.82 Å². The van der Waals surface area contributed by atoms with Gasteiger partial charge in [0.2, 0.25) is 0 Å². The third kappa shape index (κ3) is 4.71. The van der Waals surface area contributed by atoms with E-state index in [2.05, 4.69) is 39.8 Å². The lowest BCUT2D eigenvalue weighted by molar-refractivity contribution is 0.236. The van der Waals surface area contributed by atoms with Crippen LogP contribution in [0.4, 0.5) is 26.1 Å². The Balaban J connectivity index is 1.42. The van der Waals surface area contributed by atoms with E-state index in [4.69, 9.17) is 9.97 Å². The van der Waals surface area contributed by atoms with E-state index in [1.54, 1.807) is 24.5 Å². The van der Waals surface area contributed by atoms with Crippen LogP contribution >= 0.6 is 0 Å². The van der Waals surface area contributed by atoms with E-state index in [0.717, 1.165) is 49.1 Å². The quantitative estimate of drug-likeness (QED) is 0.308. The van der Waals surface area contributed by atoms with Crippen molar-refractivity contribution in [3.63, 3.8) is 0 Å². The van der Waals surface area contributed by atoms with Gasteiger partial charge in [-0.2, -0.15) is 0 Å². The van der Waals surface area contributed by atoms with E-state index < -0.39 is 11.6 Å². The molecule has 0 spiro atoms. The Morgan fingerprint density at radius 3 is 2.59 bits per heavy atom. The molecule has 1 saturated heterocycles. The van der Waals surface area contributed by atoms with Crippen LogP contribution in [0.25, 0.3) is 22.3 Å². The van der Waals surface area contributed by atoms with Crippen LogP contribution < -0.4 is 16.0 Å². The number of aromatic nitrogens is 4. The highest BCUT2D eigenvalue weighted by Gasteiger charge is 2.34. The van der Waals surface area contributed by atoms with E-state index >= 15 is 0 Å². The molecule has 4 aromatic rings. The monoisotopic (exact) mass is 501 g/mol. The van der Waals surface area contributed by atoms with E-state index in [1.165, 1.54) is 23.8 Å². The number of hydrogen-bond acceptors (Lipinski definition) is 7. The van der Waals surface area contributed by atoms with Crippen molar-refractivity contribution in [3.8, 4) is 11.4 Å². The van der Waals surface area contributed by atoms with Gasteiger partial charge in [0.25, 0.3) is 0 Å². The fourth-order valence-corrected chi connectivity index (χ4v) is 5.03. The van der Waals surface area contributed by atoms with Gasteiger partial charge in [-0.25, -0.2) is 23.7 Å². The second-order valence-electron chi connectivity index (χ2n) is 10.6. The van der Waals surface area contributed by atoms with Crippen LogP contribution in [-0.4, -0.2) is 39.1 Å². The number of fused-ring (bicyclic) bond motifs is 1. The summed E-state index contributed by atoms with van der Waals surface area (Å²) in [5, 5.41) is 11.0. The van der Waals surface area contributed by atoms with E-state index in [1.807, 2.05) is 6.20 Å². The van der Waals surface area contributed by atoms with Gasteiger partial charge < -0.3 is 16.0 Å². The number of pyridine rings is 2. The molecule has 0 amide bonds. The SMILES string of the molecule is CC1(C)CNCCC1Nc1nc(-c2ccnc(Nc3c(F)cccc3F)c2)nc2cncc(C3CC3)c12. The molecule has 2 aliphatic rings. The van der Waals surface area contributed by atoms with Crippen LogP contribution in [-0.2, 0) is 0 Å². The molecular weight excluding hydrogens is 472 g/mol. The van der Waals surface area contributed by atoms with Crippen molar-refractivity contribution in [2.75, 3.05) is 23.7 Å². The van der Waals surface area contributed by atoms with Gasteiger partial charge in [-0.15, -0.1) is 0 Å². The van der Waals surface area contributed by atoms with Crippen LogP contribution in [0.15, 0.2) is 48.9 Å². The second kappa shape index (κ2) is 9.30. The van der Waals surface area contributed by atoms with Crippen LogP contribution in [0.2, 0.25) is 0 Å². The fourth-order valence-electron chi connectivity index (χ4n) is 5.03. The summed E-state index contributed by atoms with van der Waals surface area (Å²) in [7, 11) is 0. The molecule has 1 aliphatic carbocycles. The summed E-state index contributed by atoms with van der Waals surface area (Å²) < 4.78 is 28.4. The highest BCUT2D eigenvalue weighted by atomic mass is 19.1. The van der Waals surface area contributed by atoms with Crippen molar-refractivity contribution in [1.29, 1.82) is 0 Å². The maximum Gasteiger partial charge on any atom is 0.162 e. The zero-order valence-electron chi connectivity index (χ0n) is 20.9. The number of halogens is 2. The zero-order chi connectivity index (χ0) is 25.6. The molecule has 37 heavy (non-hydrogen) atoms. The number of benzene rings is 1. The summed E-state index contributed by atoms with van der Waals surface area (Å²) >= 11 is 0. The van der Waals surface area contributed by atoms with E-state index in [0.29, 0.717) is 23.1 Å². The van der Waals surface area contributed by atoms with Crippen LogP contribution in [0.5, 0.6) is 0 Å². The first-order valence-corrected chi connectivity index (χ1v) is 12.7. The van der Waals surface area contributed by atoms with Crippen molar-refractivity contribution in [2.24, 2.45) is 5.41 Å². The molecule has 1 atom stereocenters. The molecular formula is C28H29F2N7. The molecule has 0 bridgehead atoms. The van der Waals surface area contributed by atoms with Gasteiger partial charge in [0, 0.05) is 35.9 Å². The number of hydrogen-bond donors (Lipinski definition) is 3. The molecule has 6 rings (SSSR count). The third-order valence-corrected chi connectivity index (χ3v) is 7.33. The summed E-state index contributed by atoms with van der Waals surface area (Å²) in [4.78, 5) is 18.6. The lowest BCUT2D eigenvalue weighted by Gasteiger charge is -2.40. The van der Waals surface area contributed by atoms with Gasteiger partial charge in [0.1, 0.15) is 29.0 Å². The number of rotatable bonds is 6. The van der Waals surface area contributed by atoms with Crippen LogP contribution in [0.1, 0.15) is 44.6 Å². The van der Waals surface area contributed by atoms with Crippen molar-refractivity contribution in [1.82, 2.24) is 25.3 Å². The Kier molecular flexibility index (Phi) is 5.95. The van der Waals surface area contributed by atoms with Crippen molar-refractivity contribution < 1.29 is 8.78 Å². The first-order valence-electron chi connectivity index (χ1n) is 12.7. The molecule has 1 aliphatic heterocycles. The Labute approximate surface area is 214 Å². The Morgan fingerprint density at radius 2 is 1.84 bits per heavy atom. The van der Waals surface area contributed by atoms with Crippen molar-refractivity contribution in [2.45, 2.75) is 45.1 Å². The number of nitrogens with zero attached hydrogens (tertiary/aromatic N) is 4. The standard InChI is InChI=1S/C28H29F2N7/c1-28(2)15-31-10-9-22(28)35-27-24-18(16-6-7-16)13-32-14-21(24)34-26(37-27)17-8-11-33-23(12-17)36-25-19(29)4-3-5-20(25)30/h3-5,8,11-14,16,22,31H,6-7,9-10,15H2,1-2H3,(H,33,36)(H,34,35,37). The van der Waals surface area contributed by atoms with Gasteiger partial charge in [0.05, 0.1) is 11.7 Å². The Morgan fingerprint density at radius 1 is 1.03 bits per heavy atom. The van der Waals surface area contributed by atoms with Gasteiger partial charge in [-0.1, -0.05) is 19.9 Å². The van der Waals surface area contributed by atoms with Crippen LogP contribution in [0.3, 0.4) is 0 Å². The highest BCUT2D eigenvalue weighted by Crippen LogP contribution is 2.44. The van der Waals surface area contributed by atoms with E-state index in [-0.39, 0.29) is 17.1 Å². The molecule has 2 fully saturated rings. The van der Waals surface area contributed by atoms with Crippen LogP contribution in [0, 0.1) is 17.0 Å². The normalized spacial score (nSPS) is 19.1. The fraction of sp³-hybridized carbons (Fsp3) is 0.357. The molecule has 1 unspecified atom stereocenters. The summed E-state index contributed by atoms with van der Waals surface area (Å²) in [6.07, 6.45) is 8.57. The minimum Gasteiger partial charge on any atom is -0.366 e. The number of nitrogens with one attached hydrogen (secondary N) is 3. The maximum atomic E-state index is 14.2. The van der Waals surface area contributed by atoms with Crippen molar-refractivity contribution in [3.05, 3.63) is 66.1 Å². The predicted octanol–water partition coefficient (Wildman–Crippen LogP) is 5.79.